The third kappa shape index (κ3) is 4.01. The first-order valence-corrected chi connectivity index (χ1v) is 7.39. The molecule has 1 aromatic rings. The van der Waals surface area contributed by atoms with Gasteiger partial charge in [-0.25, -0.2) is 9.78 Å². The fourth-order valence-corrected chi connectivity index (χ4v) is 2.18. The van der Waals surface area contributed by atoms with Gasteiger partial charge >= 0.3 is 6.03 Å². The summed E-state index contributed by atoms with van der Waals surface area (Å²) in [4.78, 5) is 18.0. The molecule has 0 aromatic carbocycles. The SMILES string of the molecule is CCCCc1nc(SCCC)n(C(=O)N(C)C)n1. The average molecular weight is 270 g/mol. The van der Waals surface area contributed by atoms with E-state index in [2.05, 4.69) is 23.9 Å². The first-order valence-electron chi connectivity index (χ1n) is 6.40. The van der Waals surface area contributed by atoms with Gasteiger partial charge in [-0.1, -0.05) is 32.0 Å². The van der Waals surface area contributed by atoms with Gasteiger partial charge in [0.05, 0.1) is 0 Å². The molecule has 0 unspecified atom stereocenters. The molecular formula is C12H22N4OS. The van der Waals surface area contributed by atoms with E-state index in [1.165, 1.54) is 9.58 Å². The third-order valence-electron chi connectivity index (χ3n) is 2.37. The Hall–Kier alpha value is -1.04. The molecule has 1 heterocycles. The van der Waals surface area contributed by atoms with Crippen LogP contribution in [-0.2, 0) is 6.42 Å². The first kappa shape index (κ1) is 15.0. The smallest absolute Gasteiger partial charge is 0.329 e. The quantitative estimate of drug-likeness (QED) is 0.746. The molecule has 1 amide bonds. The Morgan fingerprint density at radius 3 is 2.61 bits per heavy atom. The Morgan fingerprint density at radius 1 is 1.33 bits per heavy atom. The zero-order valence-corrected chi connectivity index (χ0v) is 12.5. The van der Waals surface area contributed by atoms with Crippen molar-refractivity contribution in [2.24, 2.45) is 0 Å². The van der Waals surface area contributed by atoms with Gasteiger partial charge in [0.2, 0.25) is 0 Å². The van der Waals surface area contributed by atoms with Gasteiger partial charge in [-0.3, -0.25) is 0 Å². The highest BCUT2D eigenvalue weighted by Crippen LogP contribution is 2.17. The predicted molar refractivity (Wildman–Crippen MR) is 74.1 cm³/mol. The van der Waals surface area contributed by atoms with Crippen LogP contribution in [0.25, 0.3) is 0 Å². The lowest BCUT2D eigenvalue weighted by Gasteiger charge is -2.10. The molecule has 18 heavy (non-hydrogen) atoms. The number of carbonyl (C=O) groups is 1. The van der Waals surface area contributed by atoms with Crippen molar-refractivity contribution in [3.63, 3.8) is 0 Å². The van der Waals surface area contributed by atoms with E-state index in [0.29, 0.717) is 5.16 Å². The summed E-state index contributed by atoms with van der Waals surface area (Å²) in [6, 6.07) is -0.135. The van der Waals surface area contributed by atoms with Crippen LogP contribution in [0.4, 0.5) is 4.79 Å². The number of nitrogens with zero attached hydrogens (tertiary/aromatic N) is 4. The average Bonchev–Trinajstić information content (AvgIpc) is 2.75. The van der Waals surface area contributed by atoms with Crippen molar-refractivity contribution in [2.45, 2.75) is 44.7 Å². The maximum atomic E-state index is 12.0. The largest absolute Gasteiger partial charge is 0.346 e. The van der Waals surface area contributed by atoms with Gasteiger partial charge in [-0.15, -0.1) is 5.10 Å². The van der Waals surface area contributed by atoms with E-state index in [1.807, 2.05) is 0 Å². The second-order valence-corrected chi connectivity index (χ2v) is 5.41. The van der Waals surface area contributed by atoms with E-state index in [-0.39, 0.29) is 6.03 Å². The van der Waals surface area contributed by atoms with E-state index in [0.717, 1.165) is 37.3 Å². The monoisotopic (exact) mass is 270 g/mol. The number of carbonyl (C=O) groups excluding carboxylic acids is 1. The van der Waals surface area contributed by atoms with Gasteiger partial charge in [0.15, 0.2) is 11.0 Å². The normalized spacial score (nSPS) is 10.7. The molecule has 0 atom stereocenters. The van der Waals surface area contributed by atoms with Crippen LogP contribution in [0.2, 0.25) is 0 Å². The highest BCUT2D eigenvalue weighted by molar-refractivity contribution is 7.99. The minimum absolute atomic E-state index is 0.135. The summed E-state index contributed by atoms with van der Waals surface area (Å²) >= 11 is 1.59. The van der Waals surface area contributed by atoms with Gasteiger partial charge in [-0.05, 0) is 12.8 Å². The van der Waals surface area contributed by atoms with Crippen molar-refractivity contribution < 1.29 is 4.79 Å². The fraction of sp³-hybridized carbons (Fsp3) is 0.750. The second-order valence-electron chi connectivity index (χ2n) is 4.35. The number of aromatic nitrogens is 3. The summed E-state index contributed by atoms with van der Waals surface area (Å²) in [5.74, 6) is 1.72. The number of rotatable bonds is 6. The Kier molecular flexibility index (Phi) is 6.18. The van der Waals surface area contributed by atoms with Crippen molar-refractivity contribution in [1.82, 2.24) is 19.7 Å². The molecule has 5 nitrogen and oxygen atoms in total. The van der Waals surface area contributed by atoms with Gasteiger partial charge in [0.25, 0.3) is 0 Å². The molecule has 0 aliphatic carbocycles. The zero-order chi connectivity index (χ0) is 13.5. The molecule has 0 saturated heterocycles. The standard InChI is InChI=1S/C12H22N4OS/c1-5-7-8-10-13-11(18-9-6-2)16(14-10)12(17)15(3)4/h5-9H2,1-4H3. The fourth-order valence-electron chi connectivity index (χ4n) is 1.38. The Bertz CT molecular complexity index is 389. The maximum absolute atomic E-state index is 12.0. The summed E-state index contributed by atoms with van der Waals surface area (Å²) in [6.45, 7) is 4.24. The number of hydrogen-bond acceptors (Lipinski definition) is 4. The van der Waals surface area contributed by atoms with E-state index in [1.54, 1.807) is 25.9 Å². The van der Waals surface area contributed by atoms with Crippen molar-refractivity contribution >= 4 is 17.8 Å². The van der Waals surface area contributed by atoms with Gasteiger partial charge in [0.1, 0.15) is 0 Å². The van der Waals surface area contributed by atoms with Crippen LogP contribution in [0.5, 0.6) is 0 Å². The summed E-state index contributed by atoms with van der Waals surface area (Å²) in [5.41, 5.74) is 0. The molecule has 0 bridgehead atoms. The molecule has 0 fully saturated rings. The summed E-state index contributed by atoms with van der Waals surface area (Å²) < 4.78 is 1.42. The molecule has 0 radical (unpaired) electrons. The van der Waals surface area contributed by atoms with E-state index in [9.17, 15) is 4.79 Å². The molecule has 0 aliphatic rings. The highest BCUT2D eigenvalue weighted by atomic mass is 32.2. The molecule has 1 rings (SSSR count). The molecule has 0 spiro atoms. The minimum Gasteiger partial charge on any atom is -0.329 e. The predicted octanol–water partition coefficient (Wildman–Crippen LogP) is 2.65. The Balaban J connectivity index is 2.89. The number of amides is 1. The molecule has 0 aliphatic heterocycles. The number of aryl methyl sites for hydroxylation is 1. The van der Waals surface area contributed by atoms with Crippen molar-refractivity contribution in [1.29, 1.82) is 0 Å². The van der Waals surface area contributed by atoms with Crippen molar-refractivity contribution in [3.05, 3.63) is 5.82 Å². The molecular weight excluding hydrogens is 248 g/mol. The van der Waals surface area contributed by atoms with E-state index in [4.69, 9.17) is 0 Å². The van der Waals surface area contributed by atoms with Crippen LogP contribution < -0.4 is 0 Å². The van der Waals surface area contributed by atoms with Crippen LogP contribution in [0.3, 0.4) is 0 Å². The molecule has 0 saturated carbocycles. The summed E-state index contributed by atoms with van der Waals surface area (Å²) in [5, 5.41) is 5.03. The lowest BCUT2D eigenvalue weighted by Crippen LogP contribution is -2.28. The van der Waals surface area contributed by atoms with Crippen LogP contribution >= 0.6 is 11.8 Å². The molecule has 0 N–H and O–H groups in total. The van der Waals surface area contributed by atoms with E-state index < -0.39 is 0 Å². The van der Waals surface area contributed by atoms with Crippen LogP contribution in [-0.4, -0.2) is 45.5 Å². The van der Waals surface area contributed by atoms with Gasteiger partial charge in [-0.2, -0.15) is 4.68 Å². The van der Waals surface area contributed by atoms with Crippen LogP contribution in [0, 0.1) is 0 Å². The molecule has 1 aromatic heterocycles. The summed E-state index contributed by atoms with van der Waals surface area (Å²) in [7, 11) is 3.45. The maximum Gasteiger partial charge on any atom is 0.346 e. The van der Waals surface area contributed by atoms with Crippen molar-refractivity contribution in [3.8, 4) is 0 Å². The second kappa shape index (κ2) is 7.41. The van der Waals surface area contributed by atoms with Gasteiger partial charge in [0, 0.05) is 26.3 Å². The Labute approximate surface area is 113 Å². The number of thioether (sulfide) groups is 1. The first-order chi connectivity index (χ1) is 8.60. The zero-order valence-electron chi connectivity index (χ0n) is 11.6. The van der Waals surface area contributed by atoms with Crippen molar-refractivity contribution in [2.75, 3.05) is 19.8 Å². The Morgan fingerprint density at radius 2 is 2.06 bits per heavy atom. The number of unbranched alkanes of at least 4 members (excludes halogenated alkanes) is 1. The van der Waals surface area contributed by atoms with E-state index >= 15 is 0 Å². The topological polar surface area (TPSA) is 51.0 Å². The minimum atomic E-state index is -0.135. The van der Waals surface area contributed by atoms with Crippen LogP contribution in [0.15, 0.2) is 5.16 Å². The molecule has 6 heteroatoms. The lowest BCUT2D eigenvalue weighted by molar-refractivity contribution is 0.213. The van der Waals surface area contributed by atoms with Gasteiger partial charge < -0.3 is 4.90 Å². The third-order valence-corrected chi connectivity index (χ3v) is 3.51. The summed E-state index contributed by atoms with van der Waals surface area (Å²) in [6.07, 6.45) is 4.05. The van der Waals surface area contributed by atoms with Crippen LogP contribution in [0.1, 0.15) is 38.9 Å². The molecule has 102 valence electrons. The highest BCUT2D eigenvalue weighted by Gasteiger charge is 2.17. The lowest BCUT2D eigenvalue weighted by atomic mass is 10.2. The number of hydrogen-bond donors (Lipinski definition) is 0.